The monoisotopic (exact) mass is 207 g/mol. The molecule has 0 unspecified atom stereocenters. The van der Waals surface area contributed by atoms with Crippen molar-refractivity contribution in [3.63, 3.8) is 0 Å². The lowest BCUT2D eigenvalue weighted by Gasteiger charge is -2.03. The fourth-order valence-corrected chi connectivity index (χ4v) is 1.02. The summed E-state index contributed by atoms with van der Waals surface area (Å²) in [6, 6.07) is 4.81. The Morgan fingerprint density at radius 3 is 3.13 bits per heavy atom. The largest absolute Gasteiger partial charge is 0.352 e. The van der Waals surface area contributed by atoms with Crippen molar-refractivity contribution in [3.8, 4) is 6.07 Å². The molecule has 0 spiro atoms. The van der Waals surface area contributed by atoms with E-state index in [2.05, 4.69) is 10.3 Å². The van der Waals surface area contributed by atoms with E-state index in [9.17, 15) is 9.18 Å². The molecule has 1 heterocycles. The van der Waals surface area contributed by atoms with Gasteiger partial charge in [-0.3, -0.25) is 4.79 Å². The molecule has 1 rings (SSSR count). The summed E-state index contributed by atoms with van der Waals surface area (Å²) in [7, 11) is 0. The highest BCUT2D eigenvalue weighted by Gasteiger charge is 2.10. The molecule has 1 aromatic rings. The third kappa shape index (κ3) is 3.35. The number of amides is 1. The maximum absolute atomic E-state index is 13.0. The molecule has 0 aliphatic heterocycles. The normalized spacial score (nSPS) is 9.33. The molecule has 1 aromatic heterocycles. The first-order valence-electron chi connectivity index (χ1n) is 4.51. The van der Waals surface area contributed by atoms with Gasteiger partial charge in [-0.15, -0.1) is 0 Å². The van der Waals surface area contributed by atoms with Gasteiger partial charge in [0.25, 0.3) is 5.91 Å². The predicted molar refractivity (Wildman–Crippen MR) is 51.4 cm³/mol. The van der Waals surface area contributed by atoms with Crippen LogP contribution in [-0.4, -0.2) is 17.4 Å². The molecule has 1 amide bonds. The second-order valence-electron chi connectivity index (χ2n) is 2.86. The molecule has 1 N–H and O–H groups in total. The van der Waals surface area contributed by atoms with E-state index in [1.807, 2.05) is 6.07 Å². The molecule has 0 saturated heterocycles. The van der Waals surface area contributed by atoms with Gasteiger partial charge in [0.2, 0.25) is 5.95 Å². The number of unbranched alkanes of at least 4 members (excludes halogenated alkanes) is 1. The van der Waals surface area contributed by atoms with Crippen LogP contribution in [0.25, 0.3) is 0 Å². The van der Waals surface area contributed by atoms with Crippen LogP contribution in [0.4, 0.5) is 4.39 Å². The SMILES string of the molecule is N#CCCCNC(=O)c1cccnc1F. The summed E-state index contributed by atoms with van der Waals surface area (Å²) in [5, 5.41) is 10.8. The van der Waals surface area contributed by atoms with E-state index in [-0.39, 0.29) is 5.56 Å². The maximum atomic E-state index is 13.0. The average Bonchev–Trinajstić information content (AvgIpc) is 2.25. The molecular weight excluding hydrogens is 197 g/mol. The number of halogens is 1. The van der Waals surface area contributed by atoms with E-state index < -0.39 is 11.9 Å². The summed E-state index contributed by atoms with van der Waals surface area (Å²) < 4.78 is 13.0. The summed E-state index contributed by atoms with van der Waals surface area (Å²) in [6.45, 7) is 0.362. The van der Waals surface area contributed by atoms with Gasteiger partial charge in [0.05, 0.1) is 11.6 Å². The topological polar surface area (TPSA) is 65.8 Å². The van der Waals surface area contributed by atoms with Crippen molar-refractivity contribution < 1.29 is 9.18 Å². The van der Waals surface area contributed by atoms with Crippen LogP contribution in [0.3, 0.4) is 0 Å². The van der Waals surface area contributed by atoms with Gasteiger partial charge in [0.1, 0.15) is 0 Å². The molecule has 15 heavy (non-hydrogen) atoms. The van der Waals surface area contributed by atoms with Crippen molar-refractivity contribution in [2.45, 2.75) is 12.8 Å². The number of nitriles is 1. The molecule has 0 radical (unpaired) electrons. The van der Waals surface area contributed by atoms with Crippen LogP contribution >= 0.6 is 0 Å². The van der Waals surface area contributed by atoms with Crippen LogP contribution in [0, 0.1) is 17.3 Å². The number of carbonyl (C=O) groups is 1. The summed E-state index contributed by atoms with van der Waals surface area (Å²) in [6.07, 6.45) is 2.21. The van der Waals surface area contributed by atoms with Crippen molar-refractivity contribution in [1.29, 1.82) is 5.26 Å². The van der Waals surface area contributed by atoms with Gasteiger partial charge >= 0.3 is 0 Å². The number of nitrogens with zero attached hydrogens (tertiary/aromatic N) is 2. The Bertz CT molecular complexity index is 386. The molecular formula is C10H10FN3O. The van der Waals surface area contributed by atoms with Gasteiger partial charge in [-0.1, -0.05) is 0 Å². The highest BCUT2D eigenvalue weighted by atomic mass is 19.1. The smallest absolute Gasteiger partial charge is 0.255 e. The third-order valence-electron chi connectivity index (χ3n) is 1.75. The first kappa shape index (κ1) is 11.1. The number of aromatic nitrogens is 1. The van der Waals surface area contributed by atoms with Crippen LogP contribution in [0.15, 0.2) is 18.3 Å². The van der Waals surface area contributed by atoms with E-state index in [0.29, 0.717) is 19.4 Å². The van der Waals surface area contributed by atoms with Crippen molar-refractivity contribution >= 4 is 5.91 Å². The zero-order chi connectivity index (χ0) is 11.1. The lowest BCUT2D eigenvalue weighted by molar-refractivity contribution is 0.0948. The van der Waals surface area contributed by atoms with Gasteiger partial charge in [-0.25, -0.2) is 4.98 Å². The van der Waals surface area contributed by atoms with Crippen molar-refractivity contribution in [2.75, 3.05) is 6.54 Å². The van der Waals surface area contributed by atoms with Gasteiger partial charge < -0.3 is 5.32 Å². The van der Waals surface area contributed by atoms with Crippen molar-refractivity contribution in [3.05, 3.63) is 29.8 Å². The zero-order valence-electron chi connectivity index (χ0n) is 8.03. The Kier molecular flexibility index (Phi) is 4.23. The average molecular weight is 207 g/mol. The molecule has 0 fully saturated rings. The highest BCUT2D eigenvalue weighted by Crippen LogP contribution is 2.02. The van der Waals surface area contributed by atoms with Crippen molar-refractivity contribution in [2.24, 2.45) is 0 Å². The maximum Gasteiger partial charge on any atom is 0.255 e. The first-order chi connectivity index (χ1) is 7.25. The Morgan fingerprint density at radius 1 is 1.67 bits per heavy atom. The van der Waals surface area contributed by atoms with Crippen LogP contribution in [0.2, 0.25) is 0 Å². The predicted octanol–water partition coefficient (Wildman–Crippen LogP) is 1.25. The summed E-state index contributed by atoms with van der Waals surface area (Å²) in [5.41, 5.74) is -0.0746. The third-order valence-corrected chi connectivity index (χ3v) is 1.75. The fourth-order valence-electron chi connectivity index (χ4n) is 1.02. The number of pyridine rings is 1. The number of hydrogen-bond donors (Lipinski definition) is 1. The van der Waals surface area contributed by atoms with Gasteiger partial charge in [0, 0.05) is 19.2 Å². The van der Waals surface area contributed by atoms with Gasteiger partial charge in [-0.2, -0.15) is 9.65 Å². The Morgan fingerprint density at radius 2 is 2.47 bits per heavy atom. The minimum atomic E-state index is -0.782. The molecule has 78 valence electrons. The first-order valence-corrected chi connectivity index (χ1v) is 4.51. The Labute approximate surface area is 86.7 Å². The summed E-state index contributed by atoms with van der Waals surface area (Å²) in [5.74, 6) is -1.28. The van der Waals surface area contributed by atoms with E-state index in [1.165, 1.54) is 18.3 Å². The highest BCUT2D eigenvalue weighted by molar-refractivity contribution is 5.94. The molecule has 5 heteroatoms. The standard InChI is InChI=1S/C10H10FN3O/c11-9-8(4-3-7-13-9)10(15)14-6-2-1-5-12/h3-4,7H,1-2,6H2,(H,14,15). The molecule has 0 aliphatic carbocycles. The summed E-state index contributed by atoms with van der Waals surface area (Å²) in [4.78, 5) is 14.7. The van der Waals surface area contributed by atoms with Crippen LogP contribution in [-0.2, 0) is 0 Å². The second kappa shape index (κ2) is 5.70. The quantitative estimate of drug-likeness (QED) is 0.597. The van der Waals surface area contributed by atoms with Gasteiger partial charge in [-0.05, 0) is 18.6 Å². The number of nitrogens with one attached hydrogen (secondary N) is 1. The number of carbonyl (C=O) groups excluding carboxylic acids is 1. The minimum Gasteiger partial charge on any atom is -0.352 e. The van der Waals surface area contributed by atoms with Crippen LogP contribution < -0.4 is 5.32 Å². The molecule has 0 aromatic carbocycles. The molecule has 0 atom stereocenters. The van der Waals surface area contributed by atoms with E-state index in [0.717, 1.165) is 0 Å². The van der Waals surface area contributed by atoms with Crippen molar-refractivity contribution in [1.82, 2.24) is 10.3 Å². The number of rotatable bonds is 4. The minimum absolute atomic E-state index is 0.0746. The van der Waals surface area contributed by atoms with E-state index in [1.54, 1.807) is 0 Å². The Hall–Kier alpha value is -1.96. The lowest BCUT2D eigenvalue weighted by atomic mass is 10.2. The molecule has 4 nitrogen and oxygen atoms in total. The zero-order valence-corrected chi connectivity index (χ0v) is 8.03. The lowest BCUT2D eigenvalue weighted by Crippen LogP contribution is -2.25. The fraction of sp³-hybridized carbons (Fsp3) is 0.300. The van der Waals surface area contributed by atoms with E-state index in [4.69, 9.17) is 5.26 Å². The molecule has 0 saturated carbocycles. The van der Waals surface area contributed by atoms with Gasteiger partial charge in [0.15, 0.2) is 0 Å². The molecule has 0 bridgehead atoms. The summed E-state index contributed by atoms with van der Waals surface area (Å²) >= 11 is 0. The Balaban J connectivity index is 2.48. The molecule has 0 aliphatic rings. The number of hydrogen-bond acceptors (Lipinski definition) is 3. The van der Waals surface area contributed by atoms with Crippen LogP contribution in [0.5, 0.6) is 0 Å². The van der Waals surface area contributed by atoms with E-state index >= 15 is 0 Å². The van der Waals surface area contributed by atoms with Crippen LogP contribution in [0.1, 0.15) is 23.2 Å². The second-order valence-corrected chi connectivity index (χ2v) is 2.86.